The van der Waals surface area contributed by atoms with Gasteiger partial charge < -0.3 is 5.32 Å². The van der Waals surface area contributed by atoms with Gasteiger partial charge in [0.2, 0.25) is 10.0 Å². The van der Waals surface area contributed by atoms with Crippen molar-refractivity contribution < 1.29 is 17.2 Å². The molecule has 2 aromatic rings. The molecule has 0 atom stereocenters. The minimum Gasteiger partial charge on any atom is -0.354 e. The lowest BCUT2D eigenvalue weighted by molar-refractivity contribution is 0.509. The first-order chi connectivity index (χ1) is 9.33. The molecule has 0 aliphatic rings. The summed E-state index contributed by atoms with van der Waals surface area (Å²) in [6.07, 6.45) is 2.39. The maximum Gasteiger partial charge on any atom is 0.230 e. The fourth-order valence-electron chi connectivity index (χ4n) is 1.46. The number of aromatic nitrogens is 1. The third-order valence-electron chi connectivity index (χ3n) is 2.26. The highest BCUT2D eigenvalue weighted by molar-refractivity contribution is 7.92. The predicted octanol–water partition coefficient (Wildman–Crippen LogP) is 2.47. The molecule has 0 fully saturated rings. The zero-order chi connectivity index (χ0) is 14.8. The van der Waals surface area contributed by atoms with Crippen LogP contribution in [0.15, 0.2) is 36.5 Å². The van der Waals surface area contributed by atoms with Crippen LogP contribution in [-0.4, -0.2) is 19.7 Å². The number of halogens is 2. The minimum atomic E-state index is -3.38. The van der Waals surface area contributed by atoms with Crippen LogP contribution < -0.4 is 10.0 Å². The summed E-state index contributed by atoms with van der Waals surface area (Å²) in [6, 6.07) is 6.40. The van der Waals surface area contributed by atoms with E-state index in [4.69, 9.17) is 0 Å². The molecule has 2 N–H and O–H groups in total. The normalized spacial score (nSPS) is 11.2. The van der Waals surface area contributed by atoms with Gasteiger partial charge in [-0.15, -0.1) is 0 Å². The Balaban J connectivity index is 2.12. The van der Waals surface area contributed by atoms with E-state index in [-0.39, 0.29) is 5.82 Å². The Bertz CT molecular complexity index is 718. The van der Waals surface area contributed by atoms with E-state index in [1.54, 1.807) is 6.07 Å². The Morgan fingerprint density at radius 2 is 1.75 bits per heavy atom. The molecule has 0 spiro atoms. The summed E-state index contributed by atoms with van der Waals surface area (Å²) in [6.45, 7) is 0. The average Bonchev–Trinajstić information content (AvgIpc) is 2.35. The van der Waals surface area contributed by atoms with Gasteiger partial charge in [0, 0.05) is 11.8 Å². The van der Waals surface area contributed by atoms with Crippen LogP contribution in [0, 0.1) is 11.6 Å². The third kappa shape index (κ3) is 3.89. The molecule has 0 amide bonds. The van der Waals surface area contributed by atoms with Crippen molar-refractivity contribution in [1.82, 2.24) is 4.98 Å². The van der Waals surface area contributed by atoms with Crippen LogP contribution in [0.5, 0.6) is 0 Å². The summed E-state index contributed by atoms with van der Waals surface area (Å²) in [5, 5.41) is 2.82. The predicted molar refractivity (Wildman–Crippen MR) is 72.3 cm³/mol. The monoisotopic (exact) mass is 299 g/mol. The zero-order valence-corrected chi connectivity index (χ0v) is 11.2. The quantitative estimate of drug-likeness (QED) is 0.910. The van der Waals surface area contributed by atoms with Gasteiger partial charge in [0.25, 0.3) is 0 Å². The van der Waals surface area contributed by atoms with Crippen molar-refractivity contribution in [2.45, 2.75) is 0 Å². The van der Waals surface area contributed by atoms with Crippen LogP contribution in [0.4, 0.5) is 26.0 Å². The number of hydrogen-bond acceptors (Lipinski definition) is 4. The molecule has 0 aliphatic heterocycles. The van der Waals surface area contributed by atoms with E-state index >= 15 is 0 Å². The number of sulfonamides is 1. The standard InChI is InChI=1S/C12H11F2N3O2S/c1-20(18,19)17-12-5-3-9(7-15-12)16-8-2-4-10(13)11(14)6-8/h2-7,16H,1H3,(H,15,17). The van der Waals surface area contributed by atoms with Gasteiger partial charge in [-0.25, -0.2) is 22.2 Å². The van der Waals surface area contributed by atoms with E-state index in [1.807, 2.05) is 0 Å². The molecule has 106 valence electrons. The molecule has 2 rings (SSSR count). The van der Waals surface area contributed by atoms with E-state index in [0.29, 0.717) is 11.4 Å². The first-order valence-electron chi connectivity index (χ1n) is 5.49. The highest BCUT2D eigenvalue weighted by Gasteiger charge is 2.05. The van der Waals surface area contributed by atoms with Crippen molar-refractivity contribution in [1.29, 1.82) is 0 Å². The Morgan fingerprint density at radius 1 is 1.05 bits per heavy atom. The molecule has 0 aliphatic carbocycles. The summed E-state index contributed by atoms with van der Waals surface area (Å²) in [4.78, 5) is 3.88. The fourth-order valence-corrected chi connectivity index (χ4v) is 1.96. The summed E-state index contributed by atoms with van der Waals surface area (Å²) in [5.41, 5.74) is 0.865. The van der Waals surface area contributed by atoms with Gasteiger partial charge >= 0.3 is 0 Å². The Morgan fingerprint density at radius 3 is 2.30 bits per heavy atom. The lowest BCUT2D eigenvalue weighted by Crippen LogP contribution is -2.10. The van der Waals surface area contributed by atoms with Crippen molar-refractivity contribution >= 4 is 27.2 Å². The first kappa shape index (κ1) is 14.2. The fraction of sp³-hybridized carbons (Fsp3) is 0.0833. The molecule has 1 aromatic carbocycles. The molecule has 0 radical (unpaired) electrons. The summed E-state index contributed by atoms with van der Waals surface area (Å²) >= 11 is 0. The Hall–Kier alpha value is -2.22. The molecular weight excluding hydrogens is 288 g/mol. The topological polar surface area (TPSA) is 71.1 Å². The average molecular weight is 299 g/mol. The summed E-state index contributed by atoms with van der Waals surface area (Å²) in [7, 11) is -3.38. The molecule has 0 saturated heterocycles. The van der Waals surface area contributed by atoms with Crippen LogP contribution in [-0.2, 0) is 10.0 Å². The second-order valence-corrected chi connectivity index (χ2v) is 5.81. The SMILES string of the molecule is CS(=O)(=O)Nc1ccc(Nc2ccc(F)c(F)c2)cn1. The van der Waals surface area contributed by atoms with E-state index in [0.717, 1.165) is 18.4 Å². The van der Waals surface area contributed by atoms with Crippen LogP contribution >= 0.6 is 0 Å². The van der Waals surface area contributed by atoms with E-state index in [9.17, 15) is 17.2 Å². The molecule has 1 heterocycles. The van der Waals surface area contributed by atoms with E-state index < -0.39 is 21.7 Å². The maximum atomic E-state index is 13.0. The van der Waals surface area contributed by atoms with Gasteiger partial charge in [0.15, 0.2) is 11.6 Å². The van der Waals surface area contributed by atoms with Gasteiger partial charge in [0.05, 0.1) is 18.1 Å². The van der Waals surface area contributed by atoms with Gasteiger partial charge in [-0.05, 0) is 24.3 Å². The second-order valence-electron chi connectivity index (χ2n) is 4.06. The van der Waals surface area contributed by atoms with Crippen molar-refractivity contribution in [3.8, 4) is 0 Å². The molecule has 1 aromatic heterocycles. The number of nitrogens with one attached hydrogen (secondary N) is 2. The summed E-state index contributed by atoms with van der Waals surface area (Å²) < 4.78 is 50.0. The van der Waals surface area contributed by atoms with Crippen LogP contribution in [0.25, 0.3) is 0 Å². The number of pyridine rings is 1. The van der Waals surface area contributed by atoms with E-state index in [2.05, 4.69) is 15.0 Å². The van der Waals surface area contributed by atoms with Crippen LogP contribution in [0.2, 0.25) is 0 Å². The molecule has 8 heteroatoms. The number of benzene rings is 1. The van der Waals surface area contributed by atoms with Crippen LogP contribution in [0.3, 0.4) is 0 Å². The highest BCUT2D eigenvalue weighted by atomic mass is 32.2. The minimum absolute atomic E-state index is 0.170. The maximum absolute atomic E-state index is 13.0. The molecule has 0 unspecified atom stereocenters. The lowest BCUT2D eigenvalue weighted by atomic mass is 10.3. The lowest BCUT2D eigenvalue weighted by Gasteiger charge is -2.08. The number of nitrogens with zero attached hydrogens (tertiary/aromatic N) is 1. The van der Waals surface area contributed by atoms with Gasteiger partial charge in [0.1, 0.15) is 5.82 Å². The molecule has 5 nitrogen and oxygen atoms in total. The molecule has 20 heavy (non-hydrogen) atoms. The second kappa shape index (κ2) is 5.41. The van der Waals surface area contributed by atoms with Gasteiger partial charge in [-0.2, -0.15) is 0 Å². The van der Waals surface area contributed by atoms with Gasteiger partial charge in [-0.1, -0.05) is 0 Å². The third-order valence-corrected chi connectivity index (χ3v) is 2.84. The van der Waals surface area contributed by atoms with Crippen molar-refractivity contribution in [2.75, 3.05) is 16.3 Å². The summed E-state index contributed by atoms with van der Waals surface area (Å²) in [5.74, 6) is -1.72. The largest absolute Gasteiger partial charge is 0.354 e. The zero-order valence-electron chi connectivity index (χ0n) is 10.4. The number of hydrogen-bond donors (Lipinski definition) is 2. The first-order valence-corrected chi connectivity index (χ1v) is 7.38. The van der Waals surface area contributed by atoms with Crippen molar-refractivity contribution in [2.24, 2.45) is 0 Å². The Kier molecular flexibility index (Phi) is 3.84. The Labute approximate surface area is 114 Å². The smallest absolute Gasteiger partial charge is 0.230 e. The van der Waals surface area contributed by atoms with Gasteiger partial charge in [-0.3, -0.25) is 4.72 Å². The van der Waals surface area contributed by atoms with Crippen molar-refractivity contribution in [3.05, 3.63) is 48.2 Å². The molecule has 0 bridgehead atoms. The van der Waals surface area contributed by atoms with E-state index in [1.165, 1.54) is 18.3 Å². The van der Waals surface area contributed by atoms with Crippen LogP contribution in [0.1, 0.15) is 0 Å². The highest BCUT2D eigenvalue weighted by Crippen LogP contribution is 2.19. The molecular formula is C12H11F2N3O2S. The molecule has 0 saturated carbocycles. The number of rotatable bonds is 4. The number of anilines is 3. The van der Waals surface area contributed by atoms with Crippen molar-refractivity contribution in [3.63, 3.8) is 0 Å².